The fourth-order valence-corrected chi connectivity index (χ4v) is 2.02. The molecule has 0 aliphatic rings. The lowest BCUT2D eigenvalue weighted by atomic mass is 10.1. The van der Waals surface area contributed by atoms with Gasteiger partial charge in [-0.2, -0.15) is 8.78 Å². The Balaban J connectivity index is 1.93. The number of carbonyl (C=O) groups excluding carboxylic acids is 1. The average molecular weight is 340 g/mol. The molecule has 0 saturated heterocycles. The summed E-state index contributed by atoms with van der Waals surface area (Å²) in [4.78, 5) is 15.4. The lowest BCUT2D eigenvalue weighted by Gasteiger charge is -2.11. The maximum Gasteiger partial charge on any atom is 0.387 e. The van der Waals surface area contributed by atoms with Crippen LogP contribution in [0.3, 0.4) is 0 Å². The quantitative estimate of drug-likeness (QED) is 0.842. The normalized spacial score (nSPS) is 10.5. The summed E-state index contributed by atoms with van der Waals surface area (Å²) in [6, 6.07) is 5.60. The Hall–Kier alpha value is -2.77. The molecule has 1 N–H and O–H groups in total. The second-order valence-corrected chi connectivity index (χ2v) is 4.76. The number of alkyl halides is 2. The van der Waals surface area contributed by atoms with Gasteiger partial charge in [-0.3, -0.25) is 9.78 Å². The monoisotopic (exact) mass is 340 g/mol. The fraction of sp³-hybridized carbons (Fsp3) is 0.250. The molecular weight excluding hydrogens is 325 g/mol. The van der Waals surface area contributed by atoms with Gasteiger partial charge in [-0.25, -0.2) is 4.39 Å². The first-order valence-electron chi connectivity index (χ1n) is 7.00. The van der Waals surface area contributed by atoms with Crippen molar-refractivity contribution in [2.75, 3.05) is 13.7 Å². The van der Waals surface area contributed by atoms with E-state index in [1.54, 1.807) is 12.1 Å². The van der Waals surface area contributed by atoms with Crippen LogP contribution in [0.1, 0.15) is 15.9 Å². The number of amides is 1. The van der Waals surface area contributed by atoms with Gasteiger partial charge in [0.15, 0.2) is 11.5 Å². The molecule has 0 aliphatic carbocycles. The third-order valence-corrected chi connectivity index (χ3v) is 3.11. The minimum absolute atomic E-state index is 0.0638. The Labute approximate surface area is 136 Å². The zero-order valence-corrected chi connectivity index (χ0v) is 12.8. The standard InChI is InChI=1S/C16H15F3N2O3/c1-23-14-6-10(2-3-13(14)24-16(18)19)4-5-21-15(22)11-7-12(17)9-20-8-11/h2-3,6-9,16H,4-5H2,1H3,(H,21,22). The van der Waals surface area contributed by atoms with Crippen molar-refractivity contribution >= 4 is 5.91 Å². The molecule has 1 aromatic carbocycles. The molecule has 0 bridgehead atoms. The van der Waals surface area contributed by atoms with Crippen LogP contribution < -0.4 is 14.8 Å². The number of nitrogens with one attached hydrogen (secondary N) is 1. The van der Waals surface area contributed by atoms with E-state index < -0.39 is 18.3 Å². The number of ether oxygens (including phenoxy) is 2. The van der Waals surface area contributed by atoms with Gasteiger partial charge >= 0.3 is 6.61 Å². The Morgan fingerprint density at radius 3 is 2.71 bits per heavy atom. The van der Waals surface area contributed by atoms with Crippen LogP contribution in [0.25, 0.3) is 0 Å². The first-order chi connectivity index (χ1) is 11.5. The molecule has 0 unspecified atom stereocenters. The summed E-state index contributed by atoms with van der Waals surface area (Å²) in [5, 5.41) is 2.62. The van der Waals surface area contributed by atoms with Gasteiger partial charge in [-0.05, 0) is 30.2 Å². The number of carbonyl (C=O) groups is 1. The maximum absolute atomic E-state index is 13.0. The van der Waals surface area contributed by atoms with E-state index in [1.165, 1.54) is 19.4 Å². The maximum atomic E-state index is 13.0. The molecule has 128 valence electrons. The van der Waals surface area contributed by atoms with Crippen molar-refractivity contribution in [3.63, 3.8) is 0 Å². The van der Waals surface area contributed by atoms with E-state index in [-0.39, 0.29) is 23.6 Å². The van der Waals surface area contributed by atoms with E-state index in [2.05, 4.69) is 15.0 Å². The van der Waals surface area contributed by atoms with E-state index in [1.807, 2.05) is 0 Å². The molecule has 2 rings (SSSR count). The fourth-order valence-electron chi connectivity index (χ4n) is 2.02. The summed E-state index contributed by atoms with van der Waals surface area (Å²) in [5.74, 6) is -0.937. The molecule has 0 saturated carbocycles. The molecule has 0 atom stereocenters. The van der Waals surface area contributed by atoms with Crippen molar-refractivity contribution in [2.45, 2.75) is 13.0 Å². The summed E-state index contributed by atoms with van der Waals surface area (Å²) < 4.78 is 46.9. The van der Waals surface area contributed by atoms with Crippen molar-refractivity contribution in [3.8, 4) is 11.5 Å². The minimum atomic E-state index is -2.94. The van der Waals surface area contributed by atoms with E-state index in [9.17, 15) is 18.0 Å². The number of pyridine rings is 1. The van der Waals surface area contributed by atoms with Crippen LogP contribution in [-0.2, 0) is 6.42 Å². The lowest BCUT2D eigenvalue weighted by Crippen LogP contribution is -2.25. The number of rotatable bonds is 7. The predicted octanol–water partition coefficient (Wildman–Crippen LogP) is 2.80. The second kappa shape index (κ2) is 8.19. The summed E-state index contributed by atoms with van der Waals surface area (Å²) in [7, 11) is 1.34. The van der Waals surface area contributed by atoms with Crippen LogP contribution >= 0.6 is 0 Å². The van der Waals surface area contributed by atoms with Crippen molar-refractivity contribution in [3.05, 3.63) is 53.6 Å². The molecular formula is C16H15F3N2O3. The topological polar surface area (TPSA) is 60.5 Å². The molecule has 24 heavy (non-hydrogen) atoms. The molecule has 5 nitrogen and oxygen atoms in total. The van der Waals surface area contributed by atoms with Gasteiger partial charge < -0.3 is 14.8 Å². The molecule has 8 heteroatoms. The highest BCUT2D eigenvalue weighted by Gasteiger charge is 2.11. The van der Waals surface area contributed by atoms with Crippen molar-refractivity contribution in [2.24, 2.45) is 0 Å². The molecule has 2 aromatic rings. The van der Waals surface area contributed by atoms with Gasteiger partial charge in [0, 0.05) is 12.7 Å². The van der Waals surface area contributed by atoms with E-state index in [0.717, 1.165) is 17.8 Å². The highest BCUT2D eigenvalue weighted by atomic mass is 19.3. The Morgan fingerprint density at radius 2 is 2.04 bits per heavy atom. The number of benzene rings is 1. The number of aromatic nitrogens is 1. The Morgan fingerprint density at radius 1 is 1.25 bits per heavy atom. The highest BCUT2D eigenvalue weighted by molar-refractivity contribution is 5.93. The van der Waals surface area contributed by atoms with E-state index in [0.29, 0.717) is 6.42 Å². The molecule has 1 heterocycles. The van der Waals surface area contributed by atoms with Crippen LogP contribution in [0.2, 0.25) is 0 Å². The summed E-state index contributed by atoms with van der Waals surface area (Å²) in [6.45, 7) is -2.67. The van der Waals surface area contributed by atoms with Crippen LogP contribution in [0.15, 0.2) is 36.7 Å². The third-order valence-electron chi connectivity index (χ3n) is 3.11. The Bertz CT molecular complexity index is 711. The van der Waals surface area contributed by atoms with Gasteiger partial charge in [0.1, 0.15) is 5.82 Å². The zero-order valence-electron chi connectivity index (χ0n) is 12.8. The summed E-state index contributed by atoms with van der Waals surface area (Å²) in [6.07, 6.45) is 2.70. The second-order valence-electron chi connectivity index (χ2n) is 4.76. The average Bonchev–Trinajstić information content (AvgIpc) is 2.55. The van der Waals surface area contributed by atoms with Crippen LogP contribution in [-0.4, -0.2) is 31.2 Å². The summed E-state index contributed by atoms with van der Waals surface area (Å²) in [5.41, 5.74) is 0.874. The van der Waals surface area contributed by atoms with Crippen LogP contribution in [0.4, 0.5) is 13.2 Å². The first kappa shape index (κ1) is 17.6. The highest BCUT2D eigenvalue weighted by Crippen LogP contribution is 2.29. The van der Waals surface area contributed by atoms with E-state index in [4.69, 9.17) is 4.74 Å². The van der Waals surface area contributed by atoms with Crippen LogP contribution in [0.5, 0.6) is 11.5 Å². The molecule has 0 spiro atoms. The number of hydrogen-bond donors (Lipinski definition) is 1. The predicted molar refractivity (Wildman–Crippen MR) is 79.9 cm³/mol. The van der Waals surface area contributed by atoms with Gasteiger partial charge in [0.2, 0.25) is 0 Å². The number of nitrogens with zero attached hydrogens (tertiary/aromatic N) is 1. The van der Waals surface area contributed by atoms with Crippen molar-refractivity contribution < 1.29 is 27.4 Å². The van der Waals surface area contributed by atoms with Gasteiger partial charge in [0.05, 0.1) is 18.9 Å². The lowest BCUT2D eigenvalue weighted by molar-refractivity contribution is -0.0512. The SMILES string of the molecule is COc1cc(CCNC(=O)c2cncc(F)c2)ccc1OC(F)F. The molecule has 0 fully saturated rings. The van der Waals surface area contributed by atoms with Gasteiger partial charge in [-0.1, -0.05) is 6.07 Å². The van der Waals surface area contributed by atoms with Gasteiger partial charge in [0.25, 0.3) is 5.91 Å². The number of halogens is 3. The molecule has 0 aliphatic heterocycles. The third kappa shape index (κ3) is 4.87. The van der Waals surface area contributed by atoms with Gasteiger partial charge in [-0.15, -0.1) is 0 Å². The number of hydrogen-bond acceptors (Lipinski definition) is 4. The molecule has 1 aromatic heterocycles. The number of methoxy groups -OCH3 is 1. The van der Waals surface area contributed by atoms with Crippen molar-refractivity contribution in [1.82, 2.24) is 10.3 Å². The van der Waals surface area contributed by atoms with Crippen LogP contribution in [0, 0.1) is 5.82 Å². The smallest absolute Gasteiger partial charge is 0.387 e. The first-order valence-corrected chi connectivity index (χ1v) is 7.00. The van der Waals surface area contributed by atoms with Crippen molar-refractivity contribution in [1.29, 1.82) is 0 Å². The summed E-state index contributed by atoms with van der Waals surface area (Å²) >= 11 is 0. The largest absolute Gasteiger partial charge is 0.493 e. The minimum Gasteiger partial charge on any atom is -0.493 e. The molecule has 1 amide bonds. The zero-order chi connectivity index (χ0) is 17.5. The Kier molecular flexibility index (Phi) is 6.00. The van der Waals surface area contributed by atoms with E-state index >= 15 is 0 Å². The molecule has 0 radical (unpaired) electrons.